The van der Waals surface area contributed by atoms with Crippen LogP contribution in [0.25, 0.3) is 0 Å². The molecule has 2 aliphatic rings. The summed E-state index contributed by atoms with van der Waals surface area (Å²) in [6.45, 7) is 9.00. The highest BCUT2D eigenvalue weighted by atomic mass is 16.5. The first kappa shape index (κ1) is 19.1. The molecule has 0 spiro atoms. The number of likely N-dealkylation sites (tertiary alicyclic amines) is 1. The molecule has 1 unspecified atom stereocenters. The number of hydrogen-bond donors (Lipinski definition) is 0. The minimum absolute atomic E-state index is 0.0116. The Morgan fingerprint density at radius 3 is 2.71 bits per heavy atom. The summed E-state index contributed by atoms with van der Waals surface area (Å²) < 4.78 is 7.57. The zero-order chi connectivity index (χ0) is 19.8. The standard InChI is InChI=1S/C20H30N6O2/c1-13(2)18-17(14(3)28-23-18)20(27)25-10-8-16-21-22-19(26(16)12-11-25)15-7-5-6-9-24(15)4/h13,15H,5-12H2,1-4H3. The Bertz CT molecular complexity index is 855. The van der Waals surface area contributed by atoms with Crippen molar-refractivity contribution in [2.45, 2.75) is 65.0 Å². The van der Waals surface area contributed by atoms with E-state index in [9.17, 15) is 4.79 Å². The molecule has 8 nitrogen and oxygen atoms in total. The van der Waals surface area contributed by atoms with Crippen LogP contribution in [0.1, 0.15) is 78.5 Å². The Balaban J connectivity index is 1.54. The van der Waals surface area contributed by atoms with E-state index in [4.69, 9.17) is 4.52 Å². The Labute approximate surface area is 165 Å². The lowest BCUT2D eigenvalue weighted by molar-refractivity contribution is 0.0754. The van der Waals surface area contributed by atoms with Gasteiger partial charge >= 0.3 is 0 Å². The molecule has 0 saturated carbocycles. The topological polar surface area (TPSA) is 80.3 Å². The van der Waals surface area contributed by atoms with E-state index in [0.29, 0.717) is 30.5 Å². The maximum Gasteiger partial charge on any atom is 0.259 e. The molecule has 1 amide bonds. The molecular formula is C20H30N6O2. The van der Waals surface area contributed by atoms with Crippen LogP contribution in [0.4, 0.5) is 0 Å². The van der Waals surface area contributed by atoms with Gasteiger partial charge in [0.05, 0.1) is 11.7 Å². The average Bonchev–Trinajstić information content (AvgIpc) is 3.19. The molecule has 0 radical (unpaired) electrons. The van der Waals surface area contributed by atoms with E-state index < -0.39 is 0 Å². The SMILES string of the molecule is Cc1onc(C(C)C)c1C(=O)N1CCc2nnc(C3CCCCN3C)n2CC1. The lowest BCUT2D eigenvalue weighted by Crippen LogP contribution is -2.35. The quantitative estimate of drug-likeness (QED) is 0.806. The van der Waals surface area contributed by atoms with Crippen molar-refractivity contribution in [3.8, 4) is 0 Å². The van der Waals surface area contributed by atoms with Gasteiger partial charge in [-0.2, -0.15) is 0 Å². The molecule has 4 rings (SSSR count). The fraction of sp³-hybridized carbons (Fsp3) is 0.700. The molecule has 0 aliphatic carbocycles. The second-order valence-corrected chi connectivity index (χ2v) is 8.31. The zero-order valence-electron chi connectivity index (χ0n) is 17.3. The van der Waals surface area contributed by atoms with Crippen molar-refractivity contribution in [2.24, 2.45) is 0 Å². The molecular weight excluding hydrogens is 356 g/mol. The maximum absolute atomic E-state index is 13.2. The Morgan fingerprint density at radius 1 is 1.14 bits per heavy atom. The molecule has 2 aromatic heterocycles. The molecule has 0 N–H and O–H groups in total. The van der Waals surface area contributed by atoms with Gasteiger partial charge in [-0.25, -0.2) is 0 Å². The molecule has 0 aromatic carbocycles. The van der Waals surface area contributed by atoms with Crippen LogP contribution in [0.3, 0.4) is 0 Å². The smallest absolute Gasteiger partial charge is 0.259 e. The molecule has 1 fully saturated rings. The van der Waals surface area contributed by atoms with Gasteiger partial charge in [0.15, 0.2) is 0 Å². The fourth-order valence-corrected chi connectivity index (χ4v) is 4.40. The minimum Gasteiger partial charge on any atom is -0.361 e. The number of rotatable bonds is 3. The number of amides is 1. The zero-order valence-corrected chi connectivity index (χ0v) is 17.3. The highest BCUT2D eigenvalue weighted by molar-refractivity contribution is 5.96. The molecule has 8 heteroatoms. The molecule has 0 bridgehead atoms. The van der Waals surface area contributed by atoms with Crippen LogP contribution in [0.15, 0.2) is 4.52 Å². The van der Waals surface area contributed by atoms with Gasteiger partial charge in [0, 0.05) is 26.1 Å². The van der Waals surface area contributed by atoms with Gasteiger partial charge in [-0.3, -0.25) is 9.69 Å². The van der Waals surface area contributed by atoms with E-state index >= 15 is 0 Å². The molecule has 152 valence electrons. The number of aryl methyl sites for hydroxylation is 1. The van der Waals surface area contributed by atoms with Crippen LogP contribution < -0.4 is 0 Å². The van der Waals surface area contributed by atoms with Gasteiger partial charge in [-0.05, 0) is 39.3 Å². The number of nitrogens with zero attached hydrogens (tertiary/aromatic N) is 6. The minimum atomic E-state index is 0.0116. The van der Waals surface area contributed by atoms with Crippen LogP contribution in [0.2, 0.25) is 0 Å². The summed E-state index contributed by atoms with van der Waals surface area (Å²) in [4.78, 5) is 17.5. The number of piperidine rings is 1. The summed E-state index contributed by atoms with van der Waals surface area (Å²) >= 11 is 0. The van der Waals surface area contributed by atoms with E-state index in [0.717, 1.165) is 43.3 Å². The van der Waals surface area contributed by atoms with Crippen LogP contribution in [-0.4, -0.2) is 62.3 Å². The van der Waals surface area contributed by atoms with Crippen molar-refractivity contribution in [3.63, 3.8) is 0 Å². The predicted octanol–water partition coefficient (Wildman–Crippen LogP) is 2.55. The fourth-order valence-electron chi connectivity index (χ4n) is 4.40. The molecule has 1 saturated heterocycles. The highest BCUT2D eigenvalue weighted by Crippen LogP contribution is 2.30. The molecule has 2 aromatic rings. The van der Waals surface area contributed by atoms with Crippen molar-refractivity contribution in [3.05, 3.63) is 28.7 Å². The third-order valence-electron chi connectivity index (χ3n) is 6.06. The summed E-state index contributed by atoms with van der Waals surface area (Å²) in [6.07, 6.45) is 4.31. The first-order valence-electron chi connectivity index (χ1n) is 10.3. The predicted molar refractivity (Wildman–Crippen MR) is 104 cm³/mol. The van der Waals surface area contributed by atoms with Gasteiger partial charge < -0.3 is 14.0 Å². The number of carbonyl (C=O) groups excluding carboxylic acids is 1. The van der Waals surface area contributed by atoms with Gasteiger partial charge in [0.2, 0.25) is 0 Å². The van der Waals surface area contributed by atoms with E-state index in [1.54, 1.807) is 0 Å². The Kier molecular flexibility index (Phi) is 5.23. The molecule has 1 atom stereocenters. The monoisotopic (exact) mass is 386 g/mol. The summed E-state index contributed by atoms with van der Waals surface area (Å²) in [5.41, 5.74) is 1.37. The van der Waals surface area contributed by atoms with Gasteiger partial charge in [-0.1, -0.05) is 25.4 Å². The third kappa shape index (κ3) is 3.34. The van der Waals surface area contributed by atoms with Crippen LogP contribution in [0.5, 0.6) is 0 Å². The first-order chi connectivity index (χ1) is 13.5. The summed E-state index contributed by atoms with van der Waals surface area (Å²) in [5, 5.41) is 13.1. The third-order valence-corrected chi connectivity index (χ3v) is 6.06. The normalized spacial score (nSPS) is 21.0. The molecule has 28 heavy (non-hydrogen) atoms. The van der Waals surface area contributed by atoms with Crippen molar-refractivity contribution in [2.75, 3.05) is 26.7 Å². The summed E-state index contributed by atoms with van der Waals surface area (Å²) in [6, 6.07) is 0.324. The van der Waals surface area contributed by atoms with Crippen molar-refractivity contribution >= 4 is 5.91 Å². The number of hydrogen-bond acceptors (Lipinski definition) is 6. The number of aromatic nitrogens is 4. The van der Waals surface area contributed by atoms with Crippen molar-refractivity contribution in [1.29, 1.82) is 0 Å². The van der Waals surface area contributed by atoms with Crippen LogP contribution in [0, 0.1) is 6.92 Å². The van der Waals surface area contributed by atoms with Crippen LogP contribution >= 0.6 is 0 Å². The van der Waals surface area contributed by atoms with E-state index in [2.05, 4.69) is 31.9 Å². The summed E-state index contributed by atoms with van der Waals surface area (Å²) in [5.74, 6) is 2.79. The van der Waals surface area contributed by atoms with Gasteiger partial charge in [-0.15, -0.1) is 10.2 Å². The number of fused-ring (bicyclic) bond motifs is 1. The Morgan fingerprint density at radius 2 is 1.96 bits per heavy atom. The van der Waals surface area contributed by atoms with Crippen molar-refractivity contribution in [1.82, 2.24) is 29.7 Å². The van der Waals surface area contributed by atoms with Gasteiger partial charge in [0.1, 0.15) is 23.0 Å². The maximum atomic E-state index is 13.2. The second-order valence-electron chi connectivity index (χ2n) is 8.31. The second kappa shape index (κ2) is 7.66. The summed E-state index contributed by atoms with van der Waals surface area (Å²) in [7, 11) is 2.17. The van der Waals surface area contributed by atoms with E-state index in [-0.39, 0.29) is 11.8 Å². The van der Waals surface area contributed by atoms with E-state index in [1.807, 2.05) is 25.7 Å². The highest BCUT2D eigenvalue weighted by Gasteiger charge is 2.31. The first-order valence-corrected chi connectivity index (χ1v) is 10.3. The Hall–Kier alpha value is -2.22. The molecule has 2 aliphatic heterocycles. The largest absolute Gasteiger partial charge is 0.361 e. The van der Waals surface area contributed by atoms with Crippen molar-refractivity contribution < 1.29 is 9.32 Å². The van der Waals surface area contributed by atoms with E-state index in [1.165, 1.54) is 12.8 Å². The molecule has 4 heterocycles. The number of carbonyl (C=O) groups is 1. The lowest BCUT2D eigenvalue weighted by Gasteiger charge is -2.32. The lowest BCUT2D eigenvalue weighted by atomic mass is 10.0. The van der Waals surface area contributed by atoms with Crippen LogP contribution in [-0.2, 0) is 13.0 Å². The van der Waals surface area contributed by atoms with Gasteiger partial charge in [0.25, 0.3) is 5.91 Å². The average molecular weight is 387 g/mol.